The molecule has 0 unspecified atom stereocenters. The van der Waals surface area contributed by atoms with E-state index in [1.165, 1.54) is 23.3 Å². The number of thioether (sulfide) groups is 1. The Morgan fingerprint density at radius 2 is 1.75 bits per heavy atom. The monoisotopic (exact) mass is 490 g/mol. The van der Waals surface area contributed by atoms with Gasteiger partial charge in [0.1, 0.15) is 5.82 Å². The summed E-state index contributed by atoms with van der Waals surface area (Å²) in [7, 11) is -3.69. The van der Waals surface area contributed by atoms with Crippen molar-refractivity contribution in [2.45, 2.75) is 55.1 Å². The first-order valence-electron chi connectivity index (χ1n) is 10.1. The molecule has 0 atom stereocenters. The van der Waals surface area contributed by atoms with Gasteiger partial charge < -0.3 is 4.57 Å². The molecule has 2 aromatic carbocycles. The Morgan fingerprint density at radius 3 is 2.34 bits per heavy atom. The fourth-order valence-corrected chi connectivity index (χ4v) is 5.00. The van der Waals surface area contributed by atoms with E-state index in [1.54, 1.807) is 30.0 Å². The van der Waals surface area contributed by atoms with Crippen molar-refractivity contribution in [3.8, 4) is 0 Å². The lowest BCUT2D eigenvalue weighted by Crippen LogP contribution is -2.25. The molecule has 170 valence electrons. The van der Waals surface area contributed by atoms with E-state index in [1.807, 2.05) is 4.57 Å². The van der Waals surface area contributed by atoms with Crippen LogP contribution in [-0.4, -0.2) is 23.2 Å². The molecule has 1 aromatic heterocycles. The maximum atomic E-state index is 12.6. The van der Waals surface area contributed by atoms with Crippen LogP contribution in [0.4, 0.5) is 0 Å². The second-order valence-electron chi connectivity index (χ2n) is 8.31. The van der Waals surface area contributed by atoms with E-state index in [9.17, 15) is 8.42 Å². The predicted molar refractivity (Wildman–Crippen MR) is 130 cm³/mol. The third-order valence-electron chi connectivity index (χ3n) is 4.84. The molecule has 9 heteroatoms. The number of rotatable bonds is 9. The van der Waals surface area contributed by atoms with E-state index >= 15 is 0 Å². The standard InChI is InChI=1S/C23H27ClN4O2S2/c1-5-14-28-21(15-25-32(29,30)20-12-10-19(24)11-13-20)26-27-22(28)31-16-17-6-8-18(9-7-17)23(2,3)4/h5-13,25H,1,14-16H2,2-4H3. The molecule has 1 N–H and O–H groups in total. The molecule has 0 amide bonds. The van der Waals surface area contributed by atoms with Crippen LogP contribution in [0.3, 0.4) is 0 Å². The zero-order valence-electron chi connectivity index (χ0n) is 18.4. The molecule has 0 spiro atoms. The van der Waals surface area contributed by atoms with Gasteiger partial charge >= 0.3 is 0 Å². The maximum Gasteiger partial charge on any atom is 0.240 e. The van der Waals surface area contributed by atoms with Crippen LogP contribution < -0.4 is 4.72 Å². The zero-order chi connectivity index (χ0) is 23.4. The van der Waals surface area contributed by atoms with Crippen molar-refractivity contribution in [3.63, 3.8) is 0 Å². The van der Waals surface area contributed by atoms with E-state index < -0.39 is 10.0 Å². The Kier molecular flexibility index (Phi) is 7.82. The minimum atomic E-state index is -3.69. The predicted octanol–water partition coefficient (Wildman–Crippen LogP) is 5.19. The molecule has 0 fully saturated rings. The first kappa shape index (κ1) is 24.5. The Hall–Kier alpha value is -2.13. The van der Waals surface area contributed by atoms with Crippen LogP contribution in [0.25, 0.3) is 0 Å². The number of benzene rings is 2. The topological polar surface area (TPSA) is 76.9 Å². The Labute approximate surface area is 199 Å². The number of nitrogens with zero attached hydrogens (tertiary/aromatic N) is 3. The van der Waals surface area contributed by atoms with Gasteiger partial charge in [-0.15, -0.1) is 16.8 Å². The smallest absolute Gasteiger partial charge is 0.240 e. The lowest BCUT2D eigenvalue weighted by Gasteiger charge is -2.19. The molecule has 3 aromatic rings. The lowest BCUT2D eigenvalue weighted by atomic mass is 9.87. The summed E-state index contributed by atoms with van der Waals surface area (Å²) in [5.74, 6) is 1.25. The molecule has 0 bridgehead atoms. The number of hydrogen-bond donors (Lipinski definition) is 1. The summed E-state index contributed by atoms with van der Waals surface area (Å²) in [4.78, 5) is 0.144. The summed E-state index contributed by atoms with van der Waals surface area (Å²) in [6.45, 7) is 10.9. The van der Waals surface area contributed by atoms with E-state index in [4.69, 9.17) is 11.6 Å². The van der Waals surface area contributed by atoms with Gasteiger partial charge in [0.2, 0.25) is 10.0 Å². The van der Waals surface area contributed by atoms with Crippen molar-refractivity contribution in [1.29, 1.82) is 0 Å². The van der Waals surface area contributed by atoms with Gasteiger partial charge in [-0.1, -0.05) is 74.5 Å². The lowest BCUT2D eigenvalue weighted by molar-refractivity contribution is 0.574. The van der Waals surface area contributed by atoms with Crippen LogP contribution >= 0.6 is 23.4 Å². The highest BCUT2D eigenvalue weighted by Gasteiger charge is 2.18. The van der Waals surface area contributed by atoms with Crippen molar-refractivity contribution in [1.82, 2.24) is 19.5 Å². The number of sulfonamides is 1. The number of hydrogen-bond acceptors (Lipinski definition) is 5. The van der Waals surface area contributed by atoms with Gasteiger partial charge in [0.25, 0.3) is 0 Å². The van der Waals surface area contributed by atoms with Crippen LogP contribution in [0, 0.1) is 0 Å². The Balaban J connectivity index is 1.69. The van der Waals surface area contributed by atoms with Gasteiger partial charge in [0.05, 0.1) is 11.4 Å². The third-order valence-corrected chi connectivity index (χ3v) is 7.54. The molecule has 32 heavy (non-hydrogen) atoms. The van der Waals surface area contributed by atoms with Crippen LogP contribution in [0.1, 0.15) is 37.7 Å². The normalized spacial score (nSPS) is 12.1. The van der Waals surface area contributed by atoms with Crippen molar-refractivity contribution in [2.24, 2.45) is 0 Å². The Morgan fingerprint density at radius 1 is 1.09 bits per heavy atom. The molecule has 1 heterocycles. The van der Waals surface area contributed by atoms with Crippen molar-refractivity contribution >= 4 is 33.4 Å². The number of halogens is 1. The van der Waals surface area contributed by atoms with Crippen molar-refractivity contribution in [2.75, 3.05) is 0 Å². The summed E-state index contributed by atoms with van der Waals surface area (Å²) in [5, 5.41) is 9.66. The zero-order valence-corrected chi connectivity index (χ0v) is 20.8. The molecular weight excluding hydrogens is 464 g/mol. The fraction of sp³-hybridized carbons (Fsp3) is 0.304. The molecule has 0 saturated heterocycles. The summed E-state index contributed by atoms with van der Waals surface area (Å²) in [6, 6.07) is 14.6. The van der Waals surface area contributed by atoms with E-state index in [0.717, 1.165) is 5.75 Å². The van der Waals surface area contributed by atoms with Crippen molar-refractivity contribution in [3.05, 3.63) is 83.2 Å². The van der Waals surface area contributed by atoms with E-state index in [-0.39, 0.29) is 16.9 Å². The second-order valence-corrected chi connectivity index (χ2v) is 11.5. The highest BCUT2D eigenvalue weighted by atomic mass is 35.5. The summed E-state index contributed by atoms with van der Waals surface area (Å²) >= 11 is 7.40. The first-order valence-corrected chi connectivity index (χ1v) is 13.0. The molecular formula is C23H27ClN4O2S2. The number of nitrogens with one attached hydrogen (secondary N) is 1. The van der Waals surface area contributed by atoms with Gasteiger partial charge in [-0.3, -0.25) is 0 Å². The summed E-state index contributed by atoms with van der Waals surface area (Å²) < 4.78 is 29.6. The minimum absolute atomic E-state index is 0.0205. The van der Waals surface area contributed by atoms with Crippen LogP contribution in [-0.2, 0) is 34.3 Å². The highest BCUT2D eigenvalue weighted by molar-refractivity contribution is 7.98. The Bertz CT molecular complexity index is 1170. The van der Waals surface area contributed by atoms with Gasteiger partial charge in [0.15, 0.2) is 5.16 Å². The molecule has 0 aliphatic carbocycles. The molecule has 0 saturated carbocycles. The average molecular weight is 491 g/mol. The number of allylic oxidation sites excluding steroid dienone is 1. The van der Waals surface area contributed by atoms with Gasteiger partial charge in [-0.25, -0.2) is 13.1 Å². The van der Waals surface area contributed by atoms with Gasteiger partial charge in [0, 0.05) is 17.3 Å². The quantitative estimate of drug-likeness (QED) is 0.330. The largest absolute Gasteiger partial charge is 0.301 e. The molecule has 3 rings (SSSR count). The molecule has 0 aliphatic heterocycles. The van der Waals surface area contributed by atoms with Crippen LogP contribution in [0.15, 0.2) is 71.2 Å². The van der Waals surface area contributed by atoms with E-state index in [0.29, 0.717) is 22.5 Å². The van der Waals surface area contributed by atoms with Gasteiger partial charge in [-0.05, 0) is 40.8 Å². The second kappa shape index (κ2) is 10.2. The highest BCUT2D eigenvalue weighted by Crippen LogP contribution is 2.26. The average Bonchev–Trinajstić information content (AvgIpc) is 3.13. The van der Waals surface area contributed by atoms with E-state index in [2.05, 4.69) is 66.5 Å². The summed E-state index contributed by atoms with van der Waals surface area (Å²) in [6.07, 6.45) is 1.74. The SMILES string of the molecule is C=CCn1c(CNS(=O)(=O)c2ccc(Cl)cc2)nnc1SCc1ccc(C(C)(C)C)cc1. The van der Waals surface area contributed by atoms with Crippen LogP contribution in [0.2, 0.25) is 5.02 Å². The molecule has 0 aliphatic rings. The fourth-order valence-electron chi connectivity index (χ4n) is 2.97. The minimum Gasteiger partial charge on any atom is -0.301 e. The summed E-state index contributed by atoms with van der Waals surface area (Å²) in [5.41, 5.74) is 2.59. The third kappa shape index (κ3) is 6.22. The van der Waals surface area contributed by atoms with Crippen LogP contribution in [0.5, 0.6) is 0 Å². The molecule has 0 radical (unpaired) electrons. The maximum absolute atomic E-state index is 12.6. The number of aromatic nitrogens is 3. The first-order chi connectivity index (χ1) is 15.1. The van der Waals surface area contributed by atoms with Crippen molar-refractivity contribution < 1.29 is 8.42 Å². The molecule has 6 nitrogen and oxygen atoms in total. The van der Waals surface area contributed by atoms with Gasteiger partial charge in [-0.2, -0.15) is 0 Å².